The third kappa shape index (κ3) is 5.47. The van der Waals surface area contributed by atoms with Crippen LogP contribution in [0.25, 0.3) is 22.6 Å². The SMILES string of the molecule is CC(C)C(=O)NCc1ccc(F)c(-c2nc(-c3ccc(C#CC4CC4)nc3)cc(=O)[nH]2)c1Cl. The lowest BCUT2D eigenvalue weighted by Crippen LogP contribution is -2.27. The molecule has 3 aromatic rings. The van der Waals surface area contributed by atoms with Crippen LogP contribution in [0, 0.1) is 29.5 Å². The third-order valence-electron chi connectivity index (χ3n) is 5.17. The number of halogens is 2. The van der Waals surface area contributed by atoms with Gasteiger partial charge in [-0.05, 0) is 42.5 Å². The Balaban J connectivity index is 1.66. The third-order valence-corrected chi connectivity index (χ3v) is 5.60. The predicted octanol–water partition coefficient (Wildman–Crippen LogP) is 4.33. The van der Waals surface area contributed by atoms with E-state index in [0.29, 0.717) is 28.4 Å². The fourth-order valence-corrected chi connectivity index (χ4v) is 3.39. The number of pyridine rings is 1. The maximum absolute atomic E-state index is 14.8. The normalized spacial score (nSPS) is 12.9. The number of nitrogens with one attached hydrogen (secondary N) is 2. The van der Waals surface area contributed by atoms with Crippen LogP contribution in [-0.4, -0.2) is 20.9 Å². The fraction of sp³-hybridized carbons (Fsp3) is 0.280. The number of nitrogens with zero attached hydrogens (tertiary/aromatic N) is 2. The first kappa shape index (κ1) is 22.7. The molecule has 0 bridgehead atoms. The fourth-order valence-electron chi connectivity index (χ4n) is 3.08. The average molecular weight is 465 g/mol. The van der Waals surface area contributed by atoms with Gasteiger partial charge in [0.25, 0.3) is 5.56 Å². The van der Waals surface area contributed by atoms with Crippen molar-refractivity contribution in [2.45, 2.75) is 33.2 Å². The molecule has 1 fully saturated rings. The second kappa shape index (κ2) is 9.55. The summed E-state index contributed by atoms with van der Waals surface area (Å²) < 4.78 is 14.8. The topological polar surface area (TPSA) is 87.7 Å². The Labute approximate surface area is 195 Å². The average Bonchev–Trinajstić information content (AvgIpc) is 3.61. The standard InChI is InChI=1S/C25H22ClFN4O2/c1-14(2)25(33)29-13-17-7-10-19(27)22(23(17)26)24-30-20(11-21(32)31-24)16-6-9-18(28-12-16)8-5-15-3-4-15/h6-7,9-12,14-15H,3-4,13H2,1-2H3,(H,29,33)(H,30,31,32). The van der Waals surface area contributed by atoms with E-state index in [-0.39, 0.29) is 34.8 Å². The summed E-state index contributed by atoms with van der Waals surface area (Å²) in [6.45, 7) is 3.67. The Hall–Kier alpha value is -3.50. The van der Waals surface area contributed by atoms with E-state index in [0.717, 1.165) is 12.8 Å². The molecule has 0 saturated heterocycles. The summed E-state index contributed by atoms with van der Waals surface area (Å²) in [7, 11) is 0. The van der Waals surface area contributed by atoms with Crippen LogP contribution in [0.3, 0.4) is 0 Å². The molecule has 0 radical (unpaired) electrons. The predicted molar refractivity (Wildman–Crippen MR) is 125 cm³/mol. The summed E-state index contributed by atoms with van der Waals surface area (Å²) in [6.07, 6.45) is 3.85. The molecule has 2 N–H and O–H groups in total. The number of benzene rings is 1. The molecular formula is C25H22ClFN4O2. The molecule has 0 unspecified atom stereocenters. The van der Waals surface area contributed by atoms with Crippen molar-refractivity contribution < 1.29 is 9.18 Å². The summed E-state index contributed by atoms with van der Waals surface area (Å²) >= 11 is 6.47. The number of carbonyl (C=O) groups excluding carboxylic acids is 1. The van der Waals surface area contributed by atoms with E-state index < -0.39 is 11.4 Å². The summed E-state index contributed by atoms with van der Waals surface area (Å²) in [5.74, 6) is 5.67. The minimum absolute atomic E-state index is 0.00497. The van der Waals surface area contributed by atoms with Crippen molar-refractivity contribution in [3.8, 4) is 34.5 Å². The molecule has 4 rings (SSSR count). The quantitative estimate of drug-likeness (QED) is 0.550. The van der Waals surface area contributed by atoms with Crippen molar-refractivity contribution in [1.29, 1.82) is 0 Å². The Morgan fingerprint density at radius 1 is 1.30 bits per heavy atom. The zero-order valence-electron chi connectivity index (χ0n) is 18.2. The first-order valence-corrected chi connectivity index (χ1v) is 11.0. The van der Waals surface area contributed by atoms with Gasteiger partial charge in [0.1, 0.15) is 17.3 Å². The summed E-state index contributed by atoms with van der Waals surface area (Å²) in [5, 5.41) is 2.83. The van der Waals surface area contributed by atoms with E-state index in [4.69, 9.17) is 11.6 Å². The Morgan fingerprint density at radius 3 is 2.76 bits per heavy atom. The number of hydrogen-bond acceptors (Lipinski definition) is 4. The highest BCUT2D eigenvalue weighted by atomic mass is 35.5. The van der Waals surface area contributed by atoms with Gasteiger partial charge in [-0.1, -0.05) is 37.4 Å². The number of carbonyl (C=O) groups is 1. The molecule has 1 aliphatic carbocycles. The molecule has 0 atom stereocenters. The van der Waals surface area contributed by atoms with Crippen molar-refractivity contribution in [1.82, 2.24) is 20.3 Å². The largest absolute Gasteiger partial charge is 0.352 e. The van der Waals surface area contributed by atoms with Crippen LogP contribution in [0.15, 0.2) is 41.3 Å². The van der Waals surface area contributed by atoms with E-state index in [1.807, 2.05) is 0 Å². The maximum atomic E-state index is 14.8. The molecule has 1 aliphatic rings. The van der Waals surface area contributed by atoms with Crippen molar-refractivity contribution in [2.24, 2.45) is 11.8 Å². The van der Waals surface area contributed by atoms with E-state index in [1.165, 1.54) is 18.2 Å². The summed E-state index contributed by atoms with van der Waals surface area (Å²) in [4.78, 5) is 35.6. The molecule has 1 saturated carbocycles. The van der Waals surface area contributed by atoms with Crippen LogP contribution in [0.5, 0.6) is 0 Å². The maximum Gasteiger partial charge on any atom is 0.251 e. The van der Waals surface area contributed by atoms with Gasteiger partial charge in [-0.25, -0.2) is 14.4 Å². The second-order valence-corrected chi connectivity index (χ2v) is 8.60. The smallest absolute Gasteiger partial charge is 0.251 e. The summed E-state index contributed by atoms with van der Waals surface area (Å²) in [6, 6.07) is 7.58. The molecule has 0 spiro atoms. The van der Waals surface area contributed by atoms with Crippen LogP contribution in [0.4, 0.5) is 4.39 Å². The van der Waals surface area contributed by atoms with Gasteiger partial charge in [0, 0.05) is 36.2 Å². The number of aromatic nitrogens is 3. The second-order valence-electron chi connectivity index (χ2n) is 8.22. The molecule has 2 heterocycles. The van der Waals surface area contributed by atoms with Gasteiger partial charge in [0.15, 0.2) is 0 Å². The van der Waals surface area contributed by atoms with Gasteiger partial charge in [-0.15, -0.1) is 0 Å². The molecule has 1 aromatic carbocycles. The van der Waals surface area contributed by atoms with E-state index in [2.05, 4.69) is 32.1 Å². The number of H-pyrrole nitrogens is 1. The van der Waals surface area contributed by atoms with E-state index in [1.54, 1.807) is 32.2 Å². The molecule has 0 aliphatic heterocycles. The number of amides is 1. The summed E-state index contributed by atoms with van der Waals surface area (Å²) in [5.41, 5.74) is 1.58. The van der Waals surface area contributed by atoms with E-state index in [9.17, 15) is 14.0 Å². The van der Waals surface area contributed by atoms with Crippen LogP contribution < -0.4 is 10.9 Å². The minimum atomic E-state index is -0.636. The molecule has 1 amide bonds. The van der Waals surface area contributed by atoms with Gasteiger partial charge in [0.05, 0.1) is 16.3 Å². The molecule has 6 nitrogen and oxygen atoms in total. The molecule has 33 heavy (non-hydrogen) atoms. The van der Waals surface area contributed by atoms with Gasteiger partial charge in [-0.2, -0.15) is 0 Å². The Kier molecular flexibility index (Phi) is 6.57. The highest BCUT2D eigenvalue weighted by Gasteiger charge is 2.19. The number of rotatable bonds is 5. The van der Waals surface area contributed by atoms with Gasteiger partial charge in [0.2, 0.25) is 5.91 Å². The first-order valence-electron chi connectivity index (χ1n) is 10.7. The van der Waals surface area contributed by atoms with Crippen molar-refractivity contribution >= 4 is 17.5 Å². The van der Waals surface area contributed by atoms with Crippen molar-refractivity contribution in [3.05, 3.63) is 69.0 Å². The van der Waals surface area contributed by atoms with Gasteiger partial charge >= 0.3 is 0 Å². The Bertz CT molecular complexity index is 1320. The van der Waals surface area contributed by atoms with Crippen LogP contribution in [0.2, 0.25) is 5.02 Å². The zero-order chi connectivity index (χ0) is 23.5. The van der Waals surface area contributed by atoms with Gasteiger partial charge in [-0.3, -0.25) is 9.59 Å². The number of hydrogen-bond donors (Lipinski definition) is 2. The highest BCUT2D eigenvalue weighted by Crippen LogP contribution is 2.32. The first-order chi connectivity index (χ1) is 15.8. The van der Waals surface area contributed by atoms with Crippen molar-refractivity contribution in [3.63, 3.8) is 0 Å². The molecular weight excluding hydrogens is 443 g/mol. The lowest BCUT2D eigenvalue weighted by molar-refractivity contribution is -0.124. The van der Waals surface area contributed by atoms with Crippen LogP contribution in [-0.2, 0) is 11.3 Å². The van der Waals surface area contributed by atoms with Crippen LogP contribution in [0.1, 0.15) is 37.9 Å². The lowest BCUT2D eigenvalue weighted by Gasteiger charge is -2.13. The van der Waals surface area contributed by atoms with Crippen LogP contribution >= 0.6 is 11.6 Å². The minimum Gasteiger partial charge on any atom is -0.352 e. The number of aromatic amines is 1. The van der Waals surface area contributed by atoms with E-state index >= 15 is 0 Å². The van der Waals surface area contributed by atoms with Crippen molar-refractivity contribution in [2.75, 3.05) is 0 Å². The zero-order valence-corrected chi connectivity index (χ0v) is 19.0. The molecule has 2 aromatic heterocycles. The lowest BCUT2D eigenvalue weighted by atomic mass is 10.1. The molecule has 168 valence electrons. The van der Waals surface area contributed by atoms with Gasteiger partial charge < -0.3 is 10.3 Å². The molecule has 8 heteroatoms. The Morgan fingerprint density at radius 2 is 2.09 bits per heavy atom. The monoisotopic (exact) mass is 464 g/mol. The highest BCUT2D eigenvalue weighted by molar-refractivity contribution is 6.34.